The van der Waals surface area contributed by atoms with Crippen molar-refractivity contribution in [1.29, 1.82) is 5.26 Å². The van der Waals surface area contributed by atoms with Crippen molar-refractivity contribution in [1.82, 2.24) is 4.98 Å². The van der Waals surface area contributed by atoms with Crippen LogP contribution in [0.3, 0.4) is 0 Å². The average Bonchev–Trinajstić information content (AvgIpc) is 2.88. The summed E-state index contributed by atoms with van der Waals surface area (Å²) in [6.07, 6.45) is 7.35. The second kappa shape index (κ2) is 14.0. The summed E-state index contributed by atoms with van der Waals surface area (Å²) in [7, 11) is 0. The van der Waals surface area contributed by atoms with Crippen LogP contribution in [0.5, 0.6) is 0 Å². The molecule has 6 heteroatoms. The number of hydrogen-bond donors (Lipinski definition) is 2. The van der Waals surface area contributed by atoms with E-state index in [1.165, 1.54) is 12.1 Å². The number of carbonyl (C=O) groups is 1. The van der Waals surface area contributed by atoms with Crippen LogP contribution in [-0.4, -0.2) is 23.9 Å². The highest BCUT2D eigenvalue weighted by Gasteiger charge is 2.15. The van der Waals surface area contributed by atoms with E-state index in [-0.39, 0.29) is 11.6 Å². The number of benzene rings is 2. The highest BCUT2D eigenvalue weighted by Crippen LogP contribution is 2.26. The lowest BCUT2D eigenvalue weighted by atomic mass is 10.0. The Hall–Kier alpha value is -3.56. The van der Waals surface area contributed by atoms with Gasteiger partial charge in [-0.2, -0.15) is 5.26 Å². The van der Waals surface area contributed by atoms with Crippen LogP contribution in [-0.2, 0) is 6.42 Å². The number of nitrogens with two attached hydrogens (primary N) is 1. The Balaban J connectivity index is 1.73. The van der Waals surface area contributed by atoms with Gasteiger partial charge in [-0.05, 0) is 61.7 Å². The molecule has 0 saturated carbocycles. The maximum Gasteiger partial charge on any atom is 0.166 e. The van der Waals surface area contributed by atoms with E-state index in [2.05, 4.69) is 11.4 Å². The molecule has 0 spiro atoms. The Morgan fingerprint density at radius 2 is 1.74 bits per heavy atom. The van der Waals surface area contributed by atoms with Crippen molar-refractivity contribution in [3.63, 3.8) is 0 Å². The minimum Gasteiger partial charge on any atom is -0.369 e. The molecular weight excluding hydrogens is 439 g/mol. The van der Waals surface area contributed by atoms with Gasteiger partial charge in [-0.3, -0.25) is 4.79 Å². The molecule has 0 aliphatic carbocycles. The number of hydrogen-bond acceptors (Lipinski definition) is 5. The summed E-state index contributed by atoms with van der Waals surface area (Å²) in [5.74, 6) is 0.280. The second-order valence-corrected chi connectivity index (χ2v) is 8.64. The van der Waals surface area contributed by atoms with E-state index in [1.54, 1.807) is 24.3 Å². The van der Waals surface area contributed by atoms with Crippen LogP contribution in [0.15, 0.2) is 60.7 Å². The predicted octanol–water partition coefficient (Wildman–Crippen LogP) is 6.29. The van der Waals surface area contributed by atoms with E-state index < -0.39 is 0 Å². The third-order valence-corrected chi connectivity index (χ3v) is 5.97. The zero-order valence-electron chi connectivity index (χ0n) is 20.1. The smallest absolute Gasteiger partial charge is 0.166 e. The van der Waals surface area contributed by atoms with Crippen molar-refractivity contribution in [2.45, 2.75) is 51.4 Å². The first-order chi connectivity index (χ1) is 17.1. The van der Waals surface area contributed by atoms with Gasteiger partial charge in [0.25, 0.3) is 0 Å². The normalized spacial score (nSPS) is 10.7. The van der Waals surface area contributed by atoms with E-state index in [9.17, 15) is 14.4 Å². The monoisotopic (exact) mass is 472 g/mol. The van der Waals surface area contributed by atoms with Gasteiger partial charge in [0, 0.05) is 18.5 Å². The molecule has 5 nitrogen and oxygen atoms in total. The number of halogens is 1. The number of Topliss-reactive ketones (excluding diaryl/α,β-unsaturated/α-hetero) is 1. The van der Waals surface area contributed by atoms with E-state index in [1.807, 2.05) is 24.3 Å². The second-order valence-electron chi connectivity index (χ2n) is 8.64. The van der Waals surface area contributed by atoms with E-state index in [0.717, 1.165) is 56.2 Å². The largest absolute Gasteiger partial charge is 0.369 e. The Bertz CT molecular complexity index is 1160. The lowest BCUT2D eigenvalue weighted by molar-refractivity contribution is 0.0979. The predicted molar refractivity (Wildman–Crippen MR) is 139 cm³/mol. The number of nitriles is 1. The number of rotatable bonds is 14. The first-order valence-electron chi connectivity index (χ1n) is 12.3. The van der Waals surface area contributed by atoms with Crippen LogP contribution in [0, 0.1) is 17.1 Å². The fourth-order valence-electron chi connectivity index (χ4n) is 4.06. The van der Waals surface area contributed by atoms with Gasteiger partial charge in [0.1, 0.15) is 11.6 Å². The first kappa shape index (κ1) is 26.1. The number of carbonyl (C=O) groups excluding carboxylic acids is 1. The zero-order valence-corrected chi connectivity index (χ0v) is 20.1. The van der Waals surface area contributed by atoms with Crippen molar-refractivity contribution in [2.75, 3.05) is 18.4 Å². The first-order valence-corrected chi connectivity index (χ1v) is 12.3. The summed E-state index contributed by atoms with van der Waals surface area (Å²) in [6.45, 7) is 1.23. The van der Waals surface area contributed by atoms with Gasteiger partial charge in [-0.1, -0.05) is 56.0 Å². The number of nitrogens with one attached hydrogen (secondary N) is 1. The van der Waals surface area contributed by atoms with Crippen molar-refractivity contribution in [2.24, 2.45) is 5.73 Å². The third-order valence-electron chi connectivity index (χ3n) is 5.97. The Morgan fingerprint density at radius 3 is 2.51 bits per heavy atom. The molecule has 0 aliphatic heterocycles. The van der Waals surface area contributed by atoms with E-state index in [0.29, 0.717) is 42.0 Å². The van der Waals surface area contributed by atoms with Crippen LogP contribution in [0.1, 0.15) is 66.4 Å². The standard InChI is InChI=1S/C29H33FN4O/c30-24-12-9-10-22(20-24)17-19-33-29-26(28(35)14-5-3-1-2-4-8-18-31)15-16-27(34-29)25-13-7-6-11-23(25)21-32/h6-7,9-13,15-16,20H,1-5,8,14,17-19,31H2,(H,33,34). The minimum absolute atomic E-state index is 0.0489. The number of anilines is 1. The SMILES string of the molecule is N#Cc1ccccc1-c1ccc(C(=O)CCCCCCCCN)c(NCCc2cccc(F)c2)n1. The molecule has 2 aromatic carbocycles. The molecule has 0 unspecified atom stereocenters. The molecule has 0 radical (unpaired) electrons. The molecule has 3 aromatic rings. The van der Waals surface area contributed by atoms with Gasteiger partial charge >= 0.3 is 0 Å². The van der Waals surface area contributed by atoms with Gasteiger partial charge in [0.15, 0.2) is 5.78 Å². The molecule has 35 heavy (non-hydrogen) atoms. The number of aromatic nitrogens is 1. The Labute approximate surface area is 207 Å². The molecule has 0 saturated heterocycles. The summed E-state index contributed by atoms with van der Waals surface area (Å²) < 4.78 is 13.5. The van der Waals surface area contributed by atoms with E-state index >= 15 is 0 Å². The van der Waals surface area contributed by atoms with Crippen LogP contribution < -0.4 is 11.1 Å². The zero-order chi connectivity index (χ0) is 24.9. The van der Waals surface area contributed by atoms with Crippen LogP contribution >= 0.6 is 0 Å². The van der Waals surface area contributed by atoms with Crippen molar-refractivity contribution < 1.29 is 9.18 Å². The lowest BCUT2D eigenvalue weighted by Crippen LogP contribution is -2.12. The summed E-state index contributed by atoms with van der Waals surface area (Å²) in [4.78, 5) is 17.8. The molecule has 0 aliphatic rings. The fraction of sp³-hybridized carbons (Fsp3) is 0.345. The quantitative estimate of drug-likeness (QED) is 0.213. The maximum atomic E-state index is 13.5. The summed E-state index contributed by atoms with van der Waals surface area (Å²) in [6, 6.07) is 19.6. The molecule has 0 fully saturated rings. The lowest BCUT2D eigenvalue weighted by Gasteiger charge is -2.13. The summed E-state index contributed by atoms with van der Waals surface area (Å²) in [5, 5.41) is 12.8. The molecule has 3 N–H and O–H groups in total. The van der Waals surface area contributed by atoms with Crippen molar-refractivity contribution in [3.05, 3.63) is 83.2 Å². The molecule has 1 heterocycles. The summed E-state index contributed by atoms with van der Waals surface area (Å²) in [5.41, 5.74) is 8.83. The highest BCUT2D eigenvalue weighted by molar-refractivity contribution is 6.00. The average molecular weight is 473 g/mol. The van der Waals surface area contributed by atoms with Gasteiger partial charge in [-0.25, -0.2) is 9.37 Å². The minimum atomic E-state index is -0.269. The maximum absolute atomic E-state index is 13.5. The molecule has 0 bridgehead atoms. The van der Waals surface area contributed by atoms with Crippen molar-refractivity contribution in [3.8, 4) is 17.3 Å². The molecule has 0 atom stereocenters. The third kappa shape index (κ3) is 8.01. The van der Waals surface area contributed by atoms with Crippen LogP contribution in [0.4, 0.5) is 10.2 Å². The van der Waals surface area contributed by atoms with Gasteiger partial charge in [-0.15, -0.1) is 0 Å². The Morgan fingerprint density at radius 1 is 0.971 bits per heavy atom. The molecule has 0 amide bonds. The van der Waals surface area contributed by atoms with Gasteiger partial charge in [0.2, 0.25) is 0 Å². The number of nitrogens with zero attached hydrogens (tertiary/aromatic N) is 2. The van der Waals surface area contributed by atoms with Gasteiger partial charge in [0.05, 0.1) is 22.9 Å². The molecule has 1 aromatic heterocycles. The number of unbranched alkanes of at least 4 members (excludes halogenated alkanes) is 5. The van der Waals surface area contributed by atoms with Crippen LogP contribution in [0.2, 0.25) is 0 Å². The summed E-state index contributed by atoms with van der Waals surface area (Å²) >= 11 is 0. The van der Waals surface area contributed by atoms with Gasteiger partial charge < -0.3 is 11.1 Å². The fourth-order valence-corrected chi connectivity index (χ4v) is 4.06. The van der Waals surface area contributed by atoms with E-state index in [4.69, 9.17) is 10.7 Å². The molecule has 3 rings (SSSR count). The molecular formula is C29H33FN4O. The van der Waals surface area contributed by atoms with Crippen molar-refractivity contribution >= 4 is 11.6 Å². The highest BCUT2D eigenvalue weighted by atomic mass is 19.1. The number of pyridine rings is 1. The van der Waals surface area contributed by atoms with Crippen LogP contribution in [0.25, 0.3) is 11.3 Å². The number of ketones is 1. The Kier molecular flexibility index (Phi) is 10.4. The topological polar surface area (TPSA) is 91.8 Å². The molecule has 182 valence electrons.